The highest BCUT2D eigenvalue weighted by atomic mass is 16.7. The van der Waals surface area contributed by atoms with E-state index in [9.17, 15) is 9.90 Å². The molecule has 0 aromatic carbocycles. The molecule has 2 N–H and O–H groups in total. The van der Waals surface area contributed by atoms with Crippen molar-refractivity contribution in [2.24, 2.45) is 0 Å². The van der Waals surface area contributed by atoms with Gasteiger partial charge in [-0.05, 0) is 13.3 Å². The number of ether oxygens (including phenoxy) is 2. The zero-order chi connectivity index (χ0) is 10.3. The van der Waals surface area contributed by atoms with Crippen LogP contribution in [0.3, 0.4) is 0 Å². The van der Waals surface area contributed by atoms with Crippen molar-refractivity contribution in [3.8, 4) is 0 Å². The number of aliphatic hydroxyl groups is 1. The molecule has 0 spiro atoms. The van der Waals surface area contributed by atoms with Gasteiger partial charge in [-0.25, -0.2) is 0 Å². The van der Waals surface area contributed by atoms with Gasteiger partial charge in [0.15, 0.2) is 0 Å². The molecule has 0 aliphatic rings. The highest BCUT2D eigenvalue weighted by molar-refractivity contribution is 5.67. The summed E-state index contributed by atoms with van der Waals surface area (Å²) in [5.74, 6) is -1.02. The molecule has 0 aromatic rings. The molecular formula is C8H16O5. The second kappa shape index (κ2) is 5.90. The zero-order valence-electron chi connectivity index (χ0n) is 7.95. The van der Waals surface area contributed by atoms with Gasteiger partial charge in [0.05, 0.1) is 18.6 Å². The normalized spacial score (nSPS) is 15.3. The number of methoxy groups -OCH3 is 1. The molecule has 13 heavy (non-hydrogen) atoms. The minimum atomic E-state index is -1.21. The Labute approximate surface area is 77.3 Å². The van der Waals surface area contributed by atoms with Crippen LogP contribution in [0.2, 0.25) is 0 Å². The number of hydrogen-bond donors (Lipinski definition) is 2. The lowest BCUT2D eigenvalue weighted by Gasteiger charge is -2.20. The van der Waals surface area contributed by atoms with Gasteiger partial charge in [0, 0.05) is 7.11 Å². The molecule has 0 aliphatic heterocycles. The number of carbonyl (C=O) groups is 1. The van der Waals surface area contributed by atoms with E-state index in [4.69, 9.17) is 9.84 Å². The molecule has 0 rings (SSSR count). The second-order valence-electron chi connectivity index (χ2n) is 3.13. The topological polar surface area (TPSA) is 76.0 Å². The fourth-order valence-electron chi connectivity index (χ4n) is 0.848. The summed E-state index contributed by atoms with van der Waals surface area (Å²) in [6.07, 6.45) is 0.00595. The summed E-state index contributed by atoms with van der Waals surface area (Å²) in [6.45, 7) is 1.91. The number of carboxylic acid groups (broad SMARTS) is 1. The van der Waals surface area contributed by atoms with Crippen molar-refractivity contribution in [2.45, 2.75) is 25.4 Å². The predicted molar refractivity (Wildman–Crippen MR) is 45.3 cm³/mol. The SMILES string of the molecule is COCOCC[C@@](C)(O)CC(=O)O. The number of rotatable bonds is 7. The summed E-state index contributed by atoms with van der Waals surface area (Å²) in [7, 11) is 1.50. The van der Waals surface area contributed by atoms with Gasteiger partial charge in [-0.15, -0.1) is 0 Å². The van der Waals surface area contributed by atoms with E-state index in [-0.39, 0.29) is 26.2 Å². The highest BCUT2D eigenvalue weighted by Crippen LogP contribution is 2.13. The molecule has 0 fully saturated rings. The smallest absolute Gasteiger partial charge is 0.306 e. The minimum absolute atomic E-state index is 0.156. The monoisotopic (exact) mass is 192 g/mol. The summed E-state index contributed by atoms with van der Waals surface area (Å²) in [4.78, 5) is 10.3. The zero-order valence-corrected chi connectivity index (χ0v) is 7.95. The first-order chi connectivity index (χ1) is 5.98. The lowest BCUT2D eigenvalue weighted by molar-refractivity contribution is -0.142. The number of carboxylic acids is 1. The van der Waals surface area contributed by atoms with E-state index < -0.39 is 11.6 Å². The van der Waals surface area contributed by atoms with E-state index in [0.29, 0.717) is 0 Å². The van der Waals surface area contributed by atoms with Gasteiger partial charge >= 0.3 is 5.97 Å². The summed E-state index contributed by atoms with van der Waals surface area (Å²) in [6, 6.07) is 0. The quantitative estimate of drug-likeness (QED) is 0.446. The van der Waals surface area contributed by atoms with Crippen LogP contribution in [0.5, 0.6) is 0 Å². The molecule has 1 atom stereocenters. The highest BCUT2D eigenvalue weighted by Gasteiger charge is 2.23. The van der Waals surface area contributed by atoms with E-state index >= 15 is 0 Å². The molecule has 0 unspecified atom stereocenters. The third-order valence-electron chi connectivity index (χ3n) is 1.52. The van der Waals surface area contributed by atoms with E-state index in [2.05, 4.69) is 4.74 Å². The average Bonchev–Trinajstić information content (AvgIpc) is 1.95. The molecule has 0 bridgehead atoms. The van der Waals surface area contributed by atoms with Crippen molar-refractivity contribution in [1.29, 1.82) is 0 Å². The van der Waals surface area contributed by atoms with Crippen molar-refractivity contribution >= 4 is 5.97 Å². The van der Waals surface area contributed by atoms with Crippen LogP contribution in [0.1, 0.15) is 19.8 Å². The molecule has 78 valence electrons. The van der Waals surface area contributed by atoms with E-state index in [0.717, 1.165) is 0 Å². The Balaban J connectivity index is 3.56. The third-order valence-corrected chi connectivity index (χ3v) is 1.52. The van der Waals surface area contributed by atoms with Crippen LogP contribution >= 0.6 is 0 Å². The average molecular weight is 192 g/mol. The predicted octanol–water partition coefficient (Wildman–Crippen LogP) is 0.223. The van der Waals surface area contributed by atoms with E-state index in [1.54, 1.807) is 0 Å². The minimum Gasteiger partial charge on any atom is -0.481 e. The van der Waals surface area contributed by atoms with Crippen LogP contribution < -0.4 is 0 Å². The molecule has 0 aromatic heterocycles. The summed E-state index contributed by atoms with van der Waals surface area (Å²) < 4.78 is 9.54. The second-order valence-corrected chi connectivity index (χ2v) is 3.13. The molecule has 0 heterocycles. The van der Waals surface area contributed by atoms with Crippen molar-refractivity contribution < 1.29 is 24.5 Å². The van der Waals surface area contributed by atoms with Gasteiger partial charge in [-0.2, -0.15) is 0 Å². The van der Waals surface area contributed by atoms with Gasteiger partial charge in [0.25, 0.3) is 0 Å². The fourth-order valence-corrected chi connectivity index (χ4v) is 0.848. The third kappa shape index (κ3) is 7.70. The largest absolute Gasteiger partial charge is 0.481 e. The van der Waals surface area contributed by atoms with Crippen LogP contribution in [-0.4, -0.2) is 42.3 Å². The Hall–Kier alpha value is -0.650. The van der Waals surface area contributed by atoms with Gasteiger partial charge in [-0.3, -0.25) is 4.79 Å². The first-order valence-electron chi connectivity index (χ1n) is 3.99. The van der Waals surface area contributed by atoms with Gasteiger partial charge in [0.1, 0.15) is 6.79 Å². The summed E-state index contributed by atoms with van der Waals surface area (Å²) >= 11 is 0. The van der Waals surface area contributed by atoms with Gasteiger partial charge in [0.2, 0.25) is 0 Å². The Morgan fingerprint density at radius 2 is 2.15 bits per heavy atom. The summed E-state index contributed by atoms with van der Waals surface area (Å²) in [5, 5.41) is 17.9. The molecule has 0 saturated carbocycles. The molecule has 0 saturated heterocycles. The first-order valence-corrected chi connectivity index (χ1v) is 3.99. The lowest BCUT2D eigenvalue weighted by Crippen LogP contribution is -2.29. The van der Waals surface area contributed by atoms with Crippen molar-refractivity contribution in [3.05, 3.63) is 0 Å². The molecule has 5 nitrogen and oxygen atoms in total. The van der Waals surface area contributed by atoms with Crippen LogP contribution in [0.25, 0.3) is 0 Å². The molecule has 5 heteroatoms. The van der Waals surface area contributed by atoms with E-state index in [1.807, 2.05) is 0 Å². The molecule has 0 amide bonds. The first kappa shape index (κ1) is 12.3. The van der Waals surface area contributed by atoms with E-state index in [1.165, 1.54) is 14.0 Å². The van der Waals surface area contributed by atoms with Crippen molar-refractivity contribution in [1.82, 2.24) is 0 Å². The Morgan fingerprint density at radius 3 is 2.62 bits per heavy atom. The van der Waals surface area contributed by atoms with Crippen molar-refractivity contribution in [3.63, 3.8) is 0 Å². The van der Waals surface area contributed by atoms with Crippen LogP contribution in [-0.2, 0) is 14.3 Å². The fraction of sp³-hybridized carbons (Fsp3) is 0.875. The van der Waals surface area contributed by atoms with Crippen molar-refractivity contribution in [2.75, 3.05) is 20.5 Å². The van der Waals surface area contributed by atoms with Gasteiger partial charge < -0.3 is 19.7 Å². The lowest BCUT2D eigenvalue weighted by atomic mass is 9.99. The molecule has 0 aliphatic carbocycles. The Bertz CT molecular complexity index is 155. The van der Waals surface area contributed by atoms with Crippen LogP contribution in [0.4, 0.5) is 0 Å². The number of aliphatic carboxylic acids is 1. The standard InChI is InChI=1S/C8H16O5/c1-8(11,5-7(9)10)3-4-13-6-12-2/h11H,3-6H2,1-2H3,(H,9,10)/t8-/m1/s1. The summed E-state index contributed by atoms with van der Waals surface area (Å²) in [5.41, 5.74) is -1.21. The maximum Gasteiger partial charge on any atom is 0.306 e. The number of hydrogen-bond acceptors (Lipinski definition) is 4. The molecule has 0 radical (unpaired) electrons. The maximum atomic E-state index is 10.3. The van der Waals surface area contributed by atoms with Crippen LogP contribution in [0, 0.1) is 0 Å². The maximum absolute atomic E-state index is 10.3. The Kier molecular flexibility index (Phi) is 5.61. The van der Waals surface area contributed by atoms with Crippen LogP contribution in [0.15, 0.2) is 0 Å². The Morgan fingerprint density at radius 1 is 1.54 bits per heavy atom. The van der Waals surface area contributed by atoms with Gasteiger partial charge in [-0.1, -0.05) is 0 Å². The molecular weight excluding hydrogens is 176 g/mol.